The molecule has 0 unspecified atom stereocenters. The zero-order valence-corrected chi connectivity index (χ0v) is 10.5. The Morgan fingerprint density at radius 2 is 2.11 bits per heavy atom. The van der Waals surface area contributed by atoms with Gasteiger partial charge >= 0.3 is 5.97 Å². The lowest BCUT2D eigenvalue weighted by Crippen LogP contribution is -2.25. The summed E-state index contributed by atoms with van der Waals surface area (Å²) < 4.78 is 13.2. The van der Waals surface area contributed by atoms with Gasteiger partial charge in [0.15, 0.2) is 0 Å². The van der Waals surface area contributed by atoms with Crippen molar-refractivity contribution in [2.45, 2.75) is 13.3 Å². The third-order valence-corrected chi connectivity index (χ3v) is 2.45. The maximum absolute atomic E-state index is 13.2. The average molecular weight is 269 g/mol. The highest BCUT2D eigenvalue weighted by Crippen LogP contribution is 2.25. The molecule has 0 aromatic heterocycles. The van der Waals surface area contributed by atoms with Crippen molar-refractivity contribution < 1.29 is 19.1 Å². The van der Waals surface area contributed by atoms with Gasteiger partial charge in [-0.2, -0.15) is 0 Å². The van der Waals surface area contributed by atoms with Crippen molar-refractivity contribution in [2.75, 3.05) is 24.1 Å². The molecule has 0 spiro atoms. The Kier molecular flexibility index (Phi) is 5.11. The molecule has 19 heavy (non-hydrogen) atoms. The number of carboxylic acid groups (broad SMARTS) is 1. The minimum absolute atomic E-state index is 0.151. The van der Waals surface area contributed by atoms with E-state index in [1.807, 2.05) is 0 Å². The highest BCUT2D eigenvalue weighted by molar-refractivity contribution is 6.00. The first-order chi connectivity index (χ1) is 8.97. The predicted octanol–water partition coefficient (Wildman–Crippen LogP) is 1.04. The average Bonchev–Trinajstić information content (AvgIpc) is 2.33. The summed E-state index contributed by atoms with van der Waals surface area (Å²) in [5.41, 5.74) is 4.83. The van der Waals surface area contributed by atoms with Crippen molar-refractivity contribution in [3.63, 3.8) is 0 Å². The molecule has 0 fully saturated rings. The van der Waals surface area contributed by atoms with Crippen LogP contribution in [0.2, 0.25) is 0 Å². The van der Waals surface area contributed by atoms with E-state index in [1.165, 1.54) is 6.07 Å². The van der Waals surface area contributed by atoms with Gasteiger partial charge in [0.1, 0.15) is 11.4 Å². The van der Waals surface area contributed by atoms with Crippen LogP contribution in [0.15, 0.2) is 12.1 Å². The molecule has 0 heterocycles. The monoisotopic (exact) mass is 269 g/mol. The van der Waals surface area contributed by atoms with E-state index >= 15 is 0 Å². The number of halogens is 1. The number of anilines is 2. The molecule has 104 valence electrons. The predicted molar refractivity (Wildman–Crippen MR) is 69.6 cm³/mol. The van der Waals surface area contributed by atoms with Gasteiger partial charge < -0.3 is 21.5 Å². The Balaban J connectivity index is 2.76. The van der Waals surface area contributed by atoms with Crippen LogP contribution >= 0.6 is 0 Å². The molecule has 0 aliphatic heterocycles. The van der Waals surface area contributed by atoms with Crippen LogP contribution in [-0.4, -0.2) is 30.1 Å². The lowest BCUT2D eigenvalue weighted by atomic mass is 10.1. The van der Waals surface area contributed by atoms with E-state index in [1.54, 1.807) is 6.92 Å². The summed E-state index contributed by atoms with van der Waals surface area (Å²) in [5, 5.41) is 14.4. The number of aromatic carboxylic acids is 1. The minimum atomic E-state index is -1.32. The number of rotatable bonds is 6. The van der Waals surface area contributed by atoms with E-state index in [0.29, 0.717) is 6.54 Å². The van der Waals surface area contributed by atoms with Gasteiger partial charge in [-0.3, -0.25) is 4.79 Å². The zero-order valence-electron chi connectivity index (χ0n) is 10.5. The summed E-state index contributed by atoms with van der Waals surface area (Å²) in [6, 6.07) is 2.36. The first-order valence-electron chi connectivity index (χ1n) is 5.79. The van der Waals surface area contributed by atoms with Crippen LogP contribution in [0.1, 0.15) is 23.7 Å². The van der Waals surface area contributed by atoms with E-state index in [2.05, 4.69) is 10.6 Å². The quantitative estimate of drug-likeness (QED) is 0.578. The molecule has 0 saturated carbocycles. The molecule has 6 nitrogen and oxygen atoms in total. The van der Waals surface area contributed by atoms with Crippen LogP contribution in [0.4, 0.5) is 15.8 Å². The fourth-order valence-electron chi connectivity index (χ4n) is 1.57. The van der Waals surface area contributed by atoms with Gasteiger partial charge in [-0.1, -0.05) is 0 Å². The van der Waals surface area contributed by atoms with E-state index in [4.69, 9.17) is 10.8 Å². The maximum atomic E-state index is 13.2. The van der Waals surface area contributed by atoms with Gasteiger partial charge in [0, 0.05) is 19.5 Å². The van der Waals surface area contributed by atoms with Crippen molar-refractivity contribution >= 4 is 23.3 Å². The topological polar surface area (TPSA) is 104 Å². The summed E-state index contributed by atoms with van der Waals surface area (Å²) in [6.07, 6.45) is 0.185. The maximum Gasteiger partial charge on any atom is 0.340 e. The van der Waals surface area contributed by atoms with Crippen LogP contribution in [0.5, 0.6) is 0 Å². The molecular weight excluding hydrogens is 253 g/mol. The molecule has 0 aliphatic carbocycles. The number of hydrogen-bond acceptors (Lipinski definition) is 4. The molecule has 1 rings (SSSR count). The van der Waals surface area contributed by atoms with Crippen LogP contribution < -0.4 is 16.4 Å². The van der Waals surface area contributed by atoms with Gasteiger partial charge in [-0.05, 0) is 19.1 Å². The number of carboxylic acids is 1. The number of benzene rings is 1. The van der Waals surface area contributed by atoms with Gasteiger partial charge in [0.05, 0.1) is 11.4 Å². The molecule has 0 radical (unpaired) electrons. The zero-order chi connectivity index (χ0) is 14.4. The first kappa shape index (κ1) is 14.7. The molecule has 1 aromatic carbocycles. The van der Waals surface area contributed by atoms with Gasteiger partial charge in [0.25, 0.3) is 0 Å². The Labute approximate surface area is 109 Å². The number of nitrogen functional groups attached to an aromatic ring is 1. The van der Waals surface area contributed by atoms with Crippen molar-refractivity contribution in [3.8, 4) is 0 Å². The lowest BCUT2D eigenvalue weighted by Gasteiger charge is -2.11. The number of nitrogens with two attached hydrogens (primary N) is 1. The molecule has 0 atom stereocenters. The Bertz CT molecular complexity index is 491. The molecule has 0 aliphatic rings. The summed E-state index contributed by atoms with van der Waals surface area (Å²) in [6.45, 7) is 2.56. The van der Waals surface area contributed by atoms with Crippen LogP contribution in [0, 0.1) is 5.82 Å². The molecule has 1 amide bonds. The second-order valence-corrected chi connectivity index (χ2v) is 3.82. The molecule has 0 saturated heterocycles. The van der Waals surface area contributed by atoms with Crippen LogP contribution in [-0.2, 0) is 4.79 Å². The Morgan fingerprint density at radius 3 is 2.68 bits per heavy atom. The van der Waals surface area contributed by atoms with E-state index in [9.17, 15) is 14.0 Å². The summed E-state index contributed by atoms with van der Waals surface area (Å²) in [5.74, 6) is -2.26. The summed E-state index contributed by atoms with van der Waals surface area (Å²) in [7, 11) is 0. The SMILES string of the molecule is CCNC(=O)CCNc1ccc(F)c(N)c1C(=O)O. The van der Waals surface area contributed by atoms with Crippen molar-refractivity contribution in [2.24, 2.45) is 0 Å². The van der Waals surface area contributed by atoms with Crippen LogP contribution in [0.25, 0.3) is 0 Å². The lowest BCUT2D eigenvalue weighted by molar-refractivity contribution is -0.120. The number of hydrogen-bond donors (Lipinski definition) is 4. The first-order valence-corrected chi connectivity index (χ1v) is 5.79. The number of carbonyl (C=O) groups is 2. The number of carbonyl (C=O) groups excluding carboxylic acids is 1. The smallest absolute Gasteiger partial charge is 0.340 e. The second-order valence-electron chi connectivity index (χ2n) is 3.82. The van der Waals surface area contributed by atoms with Gasteiger partial charge in [-0.15, -0.1) is 0 Å². The van der Waals surface area contributed by atoms with Gasteiger partial charge in [0.2, 0.25) is 5.91 Å². The highest BCUT2D eigenvalue weighted by Gasteiger charge is 2.17. The van der Waals surface area contributed by atoms with Crippen LogP contribution in [0.3, 0.4) is 0 Å². The highest BCUT2D eigenvalue weighted by atomic mass is 19.1. The van der Waals surface area contributed by atoms with E-state index < -0.39 is 17.5 Å². The fourth-order valence-corrected chi connectivity index (χ4v) is 1.57. The molecule has 1 aromatic rings. The number of nitrogens with one attached hydrogen (secondary N) is 2. The minimum Gasteiger partial charge on any atom is -0.478 e. The van der Waals surface area contributed by atoms with Gasteiger partial charge in [-0.25, -0.2) is 9.18 Å². The van der Waals surface area contributed by atoms with Crippen molar-refractivity contribution in [1.29, 1.82) is 0 Å². The van der Waals surface area contributed by atoms with E-state index in [0.717, 1.165) is 6.07 Å². The third-order valence-electron chi connectivity index (χ3n) is 2.45. The van der Waals surface area contributed by atoms with Crippen molar-refractivity contribution in [3.05, 3.63) is 23.5 Å². The Morgan fingerprint density at radius 1 is 1.42 bits per heavy atom. The number of amides is 1. The largest absolute Gasteiger partial charge is 0.478 e. The Hall–Kier alpha value is -2.31. The fraction of sp³-hybridized carbons (Fsp3) is 0.333. The standard InChI is InChI=1S/C12H16FN3O3/c1-2-15-9(17)5-6-16-8-4-3-7(13)11(14)10(8)12(18)19/h3-4,16H,2,5-6,14H2,1H3,(H,15,17)(H,18,19). The normalized spacial score (nSPS) is 10.0. The summed E-state index contributed by atoms with van der Waals surface area (Å²) in [4.78, 5) is 22.2. The van der Waals surface area contributed by atoms with Crippen molar-refractivity contribution in [1.82, 2.24) is 5.32 Å². The third kappa shape index (κ3) is 3.84. The molecule has 0 bridgehead atoms. The molecule has 7 heteroatoms. The van der Waals surface area contributed by atoms with E-state index in [-0.39, 0.29) is 30.1 Å². The summed E-state index contributed by atoms with van der Waals surface area (Å²) >= 11 is 0. The molecular formula is C12H16FN3O3. The molecule has 5 N–H and O–H groups in total. The second kappa shape index (κ2) is 6.58.